The number of nitrogens with zero attached hydrogens (tertiary/aromatic N) is 2. The number of anilines is 1. The quantitative estimate of drug-likeness (QED) is 0.768. The number of rotatable bonds is 4. The van der Waals surface area contributed by atoms with Crippen LogP contribution in [0.2, 0.25) is 0 Å². The standard InChI is InChI=1S/C22H29N3O3S/c1-15-8-10-16(11-9-15)23-19(26)14-25-17-6-2-3-7-18(17)29-20(22(25)28)21(27)24-12-4-5-13-24/h2-3,6-7,15-16,20H,4-5,8-14H2,1H3,(H,23,26)/t15?,16?,20-/m0/s1. The summed E-state index contributed by atoms with van der Waals surface area (Å²) >= 11 is 1.31. The summed E-state index contributed by atoms with van der Waals surface area (Å²) in [6.45, 7) is 3.64. The molecule has 4 rings (SSSR count). The van der Waals surface area contributed by atoms with Gasteiger partial charge in [0.25, 0.3) is 5.91 Å². The maximum atomic E-state index is 13.2. The molecule has 0 aromatic heterocycles. The van der Waals surface area contributed by atoms with Crippen LogP contribution in [0.4, 0.5) is 5.69 Å². The first-order valence-electron chi connectivity index (χ1n) is 10.7. The predicted octanol–water partition coefficient (Wildman–Crippen LogP) is 2.81. The Morgan fingerprint density at radius 3 is 2.52 bits per heavy atom. The van der Waals surface area contributed by atoms with Gasteiger partial charge in [0.1, 0.15) is 6.54 Å². The molecule has 3 amide bonds. The van der Waals surface area contributed by atoms with Crippen LogP contribution in [-0.4, -0.2) is 53.5 Å². The number of para-hydroxylation sites is 1. The normalized spacial score (nSPS) is 26.9. The van der Waals surface area contributed by atoms with Gasteiger partial charge in [0, 0.05) is 24.0 Å². The summed E-state index contributed by atoms with van der Waals surface area (Å²) in [6.07, 6.45) is 6.20. The van der Waals surface area contributed by atoms with Crippen LogP contribution in [0.1, 0.15) is 45.4 Å². The van der Waals surface area contributed by atoms with Crippen molar-refractivity contribution in [1.29, 1.82) is 0 Å². The van der Waals surface area contributed by atoms with Crippen LogP contribution < -0.4 is 10.2 Å². The number of fused-ring (bicyclic) bond motifs is 1. The van der Waals surface area contributed by atoms with E-state index in [4.69, 9.17) is 0 Å². The van der Waals surface area contributed by atoms with Crippen LogP contribution >= 0.6 is 11.8 Å². The lowest BCUT2D eigenvalue weighted by Gasteiger charge is -2.34. The van der Waals surface area contributed by atoms with Crippen molar-refractivity contribution in [2.45, 2.75) is 61.6 Å². The molecular formula is C22H29N3O3S. The fraction of sp³-hybridized carbons (Fsp3) is 0.591. The molecule has 2 aliphatic heterocycles. The number of carbonyl (C=O) groups is 3. The highest BCUT2D eigenvalue weighted by Crippen LogP contribution is 2.40. The van der Waals surface area contributed by atoms with Gasteiger partial charge < -0.3 is 15.1 Å². The summed E-state index contributed by atoms with van der Waals surface area (Å²) in [4.78, 5) is 43.1. The van der Waals surface area contributed by atoms with Crippen molar-refractivity contribution in [3.05, 3.63) is 24.3 Å². The molecule has 1 saturated carbocycles. The fourth-order valence-electron chi connectivity index (χ4n) is 4.46. The Kier molecular flexibility index (Phi) is 6.13. The molecule has 0 unspecified atom stereocenters. The van der Waals surface area contributed by atoms with Crippen molar-refractivity contribution in [3.63, 3.8) is 0 Å². The second kappa shape index (κ2) is 8.78. The number of amides is 3. The number of hydrogen-bond donors (Lipinski definition) is 1. The Morgan fingerprint density at radius 1 is 1.10 bits per heavy atom. The van der Waals surface area contributed by atoms with Gasteiger partial charge in [-0.2, -0.15) is 0 Å². The van der Waals surface area contributed by atoms with E-state index >= 15 is 0 Å². The molecule has 0 radical (unpaired) electrons. The lowest BCUT2D eigenvalue weighted by molar-refractivity contribution is -0.134. The summed E-state index contributed by atoms with van der Waals surface area (Å²) < 4.78 is 0. The Labute approximate surface area is 176 Å². The molecule has 7 heteroatoms. The second-order valence-electron chi connectivity index (χ2n) is 8.45. The van der Waals surface area contributed by atoms with Gasteiger partial charge in [-0.25, -0.2) is 0 Å². The van der Waals surface area contributed by atoms with E-state index in [1.165, 1.54) is 16.7 Å². The summed E-state index contributed by atoms with van der Waals surface area (Å²) in [7, 11) is 0. The summed E-state index contributed by atoms with van der Waals surface area (Å²) in [6, 6.07) is 7.73. The molecule has 1 N–H and O–H groups in total. The molecule has 2 heterocycles. The van der Waals surface area contributed by atoms with E-state index in [9.17, 15) is 14.4 Å². The smallest absolute Gasteiger partial charge is 0.250 e. The number of thioether (sulfide) groups is 1. The number of carbonyl (C=O) groups excluding carboxylic acids is 3. The largest absolute Gasteiger partial charge is 0.352 e. The first-order valence-corrected chi connectivity index (χ1v) is 11.6. The molecule has 0 spiro atoms. The summed E-state index contributed by atoms with van der Waals surface area (Å²) in [5.41, 5.74) is 0.723. The number of hydrogen-bond acceptors (Lipinski definition) is 4. The van der Waals surface area contributed by atoms with Gasteiger partial charge in [-0.15, -0.1) is 11.8 Å². The zero-order valence-electron chi connectivity index (χ0n) is 16.9. The molecule has 1 saturated heterocycles. The molecule has 2 fully saturated rings. The molecule has 1 atom stereocenters. The fourth-order valence-corrected chi connectivity index (χ4v) is 5.65. The molecule has 29 heavy (non-hydrogen) atoms. The van der Waals surface area contributed by atoms with E-state index in [-0.39, 0.29) is 30.3 Å². The van der Waals surface area contributed by atoms with Gasteiger partial charge in [-0.05, 0) is 56.6 Å². The van der Waals surface area contributed by atoms with Gasteiger partial charge in [-0.1, -0.05) is 19.1 Å². The van der Waals surface area contributed by atoms with Gasteiger partial charge >= 0.3 is 0 Å². The van der Waals surface area contributed by atoms with Crippen LogP contribution in [0, 0.1) is 5.92 Å². The molecule has 0 bridgehead atoms. The monoisotopic (exact) mass is 415 g/mol. The van der Waals surface area contributed by atoms with Crippen LogP contribution in [0.5, 0.6) is 0 Å². The average Bonchev–Trinajstić information content (AvgIpc) is 3.26. The molecule has 1 aromatic carbocycles. The highest BCUT2D eigenvalue weighted by atomic mass is 32.2. The van der Waals surface area contributed by atoms with Crippen LogP contribution in [0.3, 0.4) is 0 Å². The van der Waals surface area contributed by atoms with Crippen LogP contribution in [-0.2, 0) is 14.4 Å². The third-order valence-corrected chi connectivity index (χ3v) is 7.45. The zero-order valence-corrected chi connectivity index (χ0v) is 17.7. The third kappa shape index (κ3) is 4.44. The molecule has 3 aliphatic rings. The van der Waals surface area contributed by atoms with Crippen molar-refractivity contribution in [2.24, 2.45) is 5.92 Å². The number of benzene rings is 1. The van der Waals surface area contributed by atoms with Crippen molar-refractivity contribution >= 4 is 35.2 Å². The van der Waals surface area contributed by atoms with E-state index in [1.807, 2.05) is 24.3 Å². The van der Waals surface area contributed by atoms with Crippen LogP contribution in [0.25, 0.3) is 0 Å². The van der Waals surface area contributed by atoms with E-state index in [1.54, 1.807) is 4.90 Å². The first kappa shape index (κ1) is 20.3. The Morgan fingerprint density at radius 2 is 1.79 bits per heavy atom. The maximum Gasteiger partial charge on any atom is 0.250 e. The Balaban J connectivity index is 1.48. The van der Waals surface area contributed by atoms with Crippen LogP contribution in [0.15, 0.2) is 29.2 Å². The highest BCUT2D eigenvalue weighted by Gasteiger charge is 2.41. The molecule has 156 valence electrons. The Bertz CT molecular complexity index is 785. The van der Waals surface area contributed by atoms with Crippen molar-refractivity contribution in [2.75, 3.05) is 24.5 Å². The minimum Gasteiger partial charge on any atom is -0.352 e. The lowest BCUT2D eigenvalue weighted by atomic mass is 9.87. The predicted molar refractivity (Wildman–Crippen MR) is 114 cm³/mol. The van der Waals surface area contributed by atoms with Crippen molar-refractivity contribution < 1.29 is 14.4 Å². The van der Waals surface area contributed by atoms with Gasteiger partial charge in [0.15, 0.2) is 5.25 Å². The molecule has 1 aliphatic carbocycles. The minimum atomic E-state index is -0.800. The second-order valence-corrected chi connectivity index (χ2v) is 9.59. The SMILES string of the molecule is CC1CCC(NC(=O)CN2C(=O)[C@H](C(=O)N3CCCC3)Sc3ccccc32)CC1. The van der Waals surface area contributed by atoms with E-state index in [0.717, 1.165) is 49.1 Å². The number of likely N-dealkylation sites (tertiary alicyclic amines) is 1. The van der Waals surface area contributed by atoms with E-state index in [0.29, 0.717) is 19.0 Å². The van der Waals surface area contributed by atoms with Crippen molar-refractivity contribution in [3.8, 4) is 0 Å². The van der Waals surface area contributed by atoms with E-state index < -0.39 is 5.25 Å². The molecule has 6 nitrogen and oxygen atoms in total. The van der Waals surface area contributed by atoms with Crippen molar-refractivity contribution in [1.82, 2.24) is 10.2 Å². The highest BCUT2D eigenvalue weighted by molar-refractivity contribution is 8.01. The Hall–Kier alpha value is -2.02. The maximum absolute atomic E-state index is 13.2. The van der Waals surface area contributed by atoms with E-state index in [2.05, 4.69) is 12.2 Å². The van der Waals surface area contributed by atoms with Gasteiger partial charge in [0.2, 0.25) is 11.8 Å². The summed E-state index contributed by atoms with van der Waals surface area (Å²) in [5, 5.41) is 2.30. The third-order valence-electron chi connectivity index (χ3n) is 6.22. The zero-order chi connectivity index (χ0) is 20.4. The average molecular weight is 416 g/mol. The molecular weight excluding hydrogens is 386 g/mol. The van der Waals surface area contributed by atoms with Gasteiger partial charge in [0.05, 0.1) is 5.69 Å². The molecule has 1 aromatic rings. The minimum absolute atomic E-state index is 0.0355. The first-order chi connectivity index (χ1) is 14.0. The number of nitrogens with one attached hydrogen (secondary N) is 1. The summed E-state index contributed by atoms with van der Waals surface area (Å²) in [5.74, 6) is 0.164. The van der Waals surface area contributed by atoms with Gasteiger partial charge in [-0.3, -0.25) is 14.4 Å². The topological polar surface area (TPSA) is 69.7 Å². The lowest BCUT2D eigenvalue weighted by Crippen LogP contribution is -2.52.